The lowest BCUT2D eigenvalue weighted by molar-refractivity contribution is 0.161. The van der Waals surface area contributed by atoms with Crippen molar-refractivity contribution in [2.45, 2.75) is 32.2 Å². The topological polar surface area (TPSA) is 67.9 Å². The van der Waals surface area contributed by atoms with Crippen molar-refractivity contribution in [1.82, 2.24) is 24.6 Å². The minimum Gasteiger partial charge on any atom is -0.386 e. The maximum Gasteiger partial charge on any atom is 0.160 e. The maximum atomic E-state index is 10.8. The van der Waals surface area contributed by atoms with Gasteiger partial charge in [0, 0.05) is 35.1 Å². The van der Waals surface area contributed by atoms with Crippen molar-refractivity contribution in [3.63, 3.8) is 0 Å². The number of nitrogens with one attached hydrogen (secondary N) is 1. The summed E-state index contributed by atoms with van der Waals surface area (Å²) in [6.45, 7) is 3.24. The van der Waals surface area contributed by atoms with E-state index in [0.29, 0.717) is 6.54 Å². The molecule has 0 aliphatic carbocycles. The van der Waals surface area contributed by atoms with Crippen LogP contribution in [0.1, 0.15) is 23.1 Å². The summed E-state index contributed by atoms with van der Waals surface area (Å²) in [4.78, 5) is 5.47. The fourth-order valence-electron chi connectivity index (χ4n) is 3.60. The number of aromatic nitrogens is 4. The minimum absolute atomic E-state index is 0.461. The van der Waals surface area contributed by atoms with E-state index in [0.717, 1.165) is 42.5 Å². The number of imidazole rings is 1. The van der Waals surface area contributed by atoms with Gasteiger partial charge in [-0.15, -0.1) is 11.3 Å². The summed E-state index contributed by atoms with van der Waals surface area (Å²) in [5.41, 5.74) is 2.05. The second-order valence-electron chi connectivity index (χ2n) is 6.88. The zero-order chi connectivity index (χ0) is 18.2. The van der Waals surface area contributed by atoms with Gasteiger partial charge in [0.15, 0.2) is 5.82 Å². The molecular formula is C20H21N5OS. The molecule has 0 spiro atoms. The molecule has 1 atom stereocenters. The summed E-state index contributed by atoms with van der Waals surface area (Å²) < 4.78 is 5.25. The second-order valence-corrected chi connectivity index (χ2v) is 8.00. The molecule has 0 fully saturated rings. The lowest BCUT2D eigenvalue weighted by atomic mass is 10.2. The Morgan fingerprint density at radius 2 is 2.19 bits per heavy atom. The number of hydrogen-bond acceptors (Lipinski definition) is 5. The summed E-state index contributed by atoms with van der Waals surface area (Å²) in [5, 5.41) is 20.1. The third kappa shape index (κ3) is 3.18. The largest absolute Gasteiger partial charge is 0.386 e. The number of aliphatic hydroxyl groups is 1. The van der Waals surface area contributed by atoms with Crippen LogP contribution in [0.5, 0.6) is 0 Å². The van der Waals surface area contributed by atoms with E-state index >= 15 is 0 Å². The number of rotatable bonds is 4. The Balaban J connectivity index is 1.41. The molecular weight excluding hydrogens is 358 g/mol. The van der Waals surface area contributed by atoms with Crippen molar-refractivity contribution in [3.8, 4) is 11.5 Å². The molecule has 0 radical (unpaired) electrons. The number of benzene rings is 1. The number of aryl methyl sites for hydroxylation is 1. The number of fused-ring (bicyclic) bond motifs is 2. The van der Waals surface area contributed by atoms with E-state index in [2.05, 4.69) is 39.2 Å². The number of hydrogen-bond donors (Lipinski definition) is 2. The van der Waals surface area contributed by atoms with Crippen LogP contribution in [-0.4, -0.2) is 31.0 Å². The molecule has 138 valence electrons. The molecule has 1 unspecified atom stereocenters. The molecule has 5 rings (SSSR count). The van der Waals surface area contributed by atoms with Crippen LogP contribution in [0, 0.1) is 0 Å². The lowest BCUT2D eigenvalue weighted by Gasteiger charge is -2.11. The highest BCUT2D eigenvalue weighted by Crippen LogP contribution is 2.31. The molecule has 27 heavy (non-hydrogen) atoms. The standard InChI is InChI=1S/C20H21N5OS/c26-17(19-10-14-4-1-2-5-18(14)27-19)13-24-9-7-22-20(24)16-11-15-12-21-6-3-8-25(15)23-16/h1-2,4-5,7,9-11,17,21,26H,3,6,8,12-13H2. The van der Waals surface area contributed by atoms with E-state index in [1.54, 1.807) is 17.5 Å². The molecule has 3 aromatic heterocycles. The van der Waals surface area contributed by atoms with E-state index in [1.165, 1.54) is 15.8 Å². The molecule has 0 amide bonds. The van der Waals surface area contributed by atoms with Gasteiger partial charge >= 0.3 is 0 Å². The van der Waals surface area contributed by atoms with Gasteiger partial charge in [-0.2, -0.15) is 5.10 Å². The Labute approximate surface area is 161 Å². The van der Waals surface area contributed by atoms with Crippen molar-refractivity contribution in [1.29, 1.82) is 0 Å². The molecule has 7 heteroatoms. The van der Waals surface area contributed by atoms with Gasteiger partial charge in [0.1, 0.15) is 11.8 Å². The summed E-state index contributed by atoms with van der Waals surface area (Å²) in [6.07, 6.45) is 4.19. The Kier molecular flexibility index (Phi) is 4.27. The Bertz CT molecular complexity index is 1020. The fourth-order valence-corrected chi connectivity index (χ4v) is 4.65. The quantitative estimate of drug-likeness (QED) is 0.571. The van der Waals surface area contributed by atoms with E-state index in [4.69, 9.17) is 5.10 Å². The molecule has 0 saturated carbocycles. The van der Waals surface area contributed by atoms with Crippen LogP contribution in [0.25, 0.3) is 21.6 Å². The average molecular weight is 379 g/mol. The van der Waals surface area contributed by atoms with Crippen LogP contribution < -0.4 is 5.32 Å². The summed E-state index contributed by atoms with van der Waals surface area (Å²) in [5.74, 6) is 0.802. The minimum atomic E-state index is -0.572. The third-order valence-electron chi connectivity index (χ3n) is 4.98. The average Bonchev–Trinajstić information content (AvgIpc) is 3.37. The predicted octanol–water partition coefficient (Wildman–Crippen LogP) is 3.19. The number of nitrogens with zero attached hydrogens (tertiary/aromatic N) is 4. The van der Waals surface area contributed by atoms with Gasteiger partial charge in [-0.05, 0) is 36.6 Å². The van der Waals surface area contributed by atoms with Crippen LogP contribution >= 0.6 is 11.3 Å². The number of thiophene rings is 1. The first-order valence-corrected chi connectivity index (χ1v) is 10.0. The van der Waals surface area contributed by atoms with Gasteiger partial charge in [-0.25, -0.2) is 4.98 Å². The molecule has 6 nitrogen and oxygen atoms in total. The maximum absolute atomic E-state index is 10.8. The summed E-state index contributed by atoms with van der Waals surface area (Å²) in [7, 11) is 0. The molecule has 0 saturated heterocycles. The fraction of sp³-hybridized carbons (Fsp3) is 0.300. The van der Waals surface area contributed by atoms with Crippen LogP contribution in [0.2, 0.25) is 0 Å². The monoisotopic (exact) mass is 379 g/mol. The van der Waals surface area contributed by atoms with Crippen LogP contribution in [0.15, 0.2) is 48.8 Å². The van der Waals surface area contributed by atoms with E-state index in [1.807, 2.05) is 22.9 Å². The first kappa shape index (κ1) is 16.7. The highest BCUT2D eigenvalue weighted by Gasteiger charge is 2.18. The molecule has 1 aliphatic heterocycles. The van der Waals surface area contributed by atoms with Gasteiger partial charge in [-0.1, -0.05) is 18.2 Å². The Hall–Kier alpha value is -2.48. The highest BCUT2D eigenvalue weighted by atomic mass is 32.1. The van der Waals surface area contributed by atoms with E-state index in [9.17, 15) is 5.11 Å². The van der Waals surface area contributed by atoms with Gasteiger partial charge in [0.2, 0.25) is 0 Å². The molecule has 0 bridgehead atoms. The van der Waals surface area contributed by atoms with Gasteiger partial charge < -0.3 is 15.0 Å². The van der Waals surface area contributed by atoms with Gasteiger partial charge in [0.05, 0.1) is 12.2 Å². The lowest BCUT2D eigenvalue weighted by Crippen LogP contribution is -2.11. The van der Waals surface area contributed by atoms with Crippen molar-refractivity contribution in [2.75, 3.05) is 6.54 Å². The van der Waals surface area contributed by atoms with Crippen molar-refractivity contribution < 1.29 is 5.11 Å². The van der Waals surface area contributed by atoms with Gasteiger partial charge in [-0.3, -0.25) is 4.68 Å². The Morgan fingerprint density at radius 3 is 3.11 bits per heavy atom. The first-order chi connectivity index (χ1) is 13.3. The molecule has 4 heterocycles. The van der Waals surface area contributed by atoms with Crippen molar-refractivity contribution >= 4 is 21.4 Å². The highest BCUT2D eigenvalue weighted by molar-refractivity contribution is 7.19. The summed E-state index contributed by atoms with van der Waals surface area (Å²) in [6, 6.07) is 12.4. The van der Waals surface area contributed by atoms with Crippen LogP contribution in [0.3, 0.4) is 0 Å². The molecule has 1 aliphatic rings. The van der Waals surface area contributed by atoms with Crippen molar-refractivity contribution in [3.05, 3.63) is 59.4 Å². The molecule has 1 aromatic carbocycles. The normalized spacial score (nSPS) is 15.6. The third-order valence-corrected chi connectivity index (χ3v) is 6.20. The van der Waals surface area contributed by atoms with Crippen molar-refractivity contribution in [2.24, 2.45) is 0 Å². The van der Waals surface area contributed by atoms with Crippen LogP contribution in [0.4, 0.5) is 0 Å². The number of aliphatic hydroxyl groups excluding tert-OH is 1. The molecule has 2 N–H and O–H groups in total. The van der Waals surface area contributed by atoms with E-state index < -0.39 is 6.10 Å². The zero-order valence-corrected chi connectivity index (χ0v) is 15.7. The predicted molar refractivity (Wildman–Crippen MR) is 107 cm³/mol. The van der Waals surface area contributed by atoms with Crippen LogP contribution in [-0.2, 0) is 19.6 Å². The smallest absolute Gasteiger partial charge is 0.160 e. The SMILES string of the molecule is OC(Cn1ccnc1-c1cc2n(n1)CCCNC2)c1cc2ccccc2s1. The molecule has 4 aromatic rings. The second kappa shape index (κ2) is 6.92. The van der Waals surface area contributed by atoms with E-state index in [-0.39, 0.29) is 0 Å². The van der Waals surface area contributed by atoms with Gasteiger partial charge in [0.25, 0.3) is 0 Å². The Morgan fingerprint density at radius 1 is 1.26 bits per heavy atom. The first-order valence-electron chi connectivity index (χ1n) is 9.23. The zero-order valence-electron chi connectivity index (χ0n) is 14.9. The summed E-state index contributed by atoms with van der Waals surface area (Å²) >= 11 is 1.64.